The minimum atomic E-state index is -0.168. The highest BCUT2D eigenvalue weighted by molar-refractivity contribution is 6.21. The second kappa shape index (κ2) is 7.00. The van der Waals surface area contributed by atoms with E-state index in [0.717, 1.165) is 29.5 Å². The summed E-state index contributed by atoms with van der Waals surface area (Å²) < 4.78 is 13.2. The Morgan fingerprint density at radius 2 is 1.71 bits per heavy atom. The first-order valence-electron chi connectivity index (χ1n) is 6.47. The molecule has 0 aliphatic carbocycles. The molecular formula is C15H22ClF. The van der Waals surface area contributed by atoms with Crippen molar-refractivity contribution in [2.45, 2.75) is 58.3 Å². The van der Waals surface area contributed by atoms with Crippen molar-refractivity contribution in [3.05, 3.63) is 34.6 Å². The van der Waals surface area contributed by atoms with Gasteiger partial charge in [0.05, 0.1) is 5.38 Å². The van der Waals surface area contributed by atoms with Crippen molar-refractivity contribution in [2.24, 2.45) is 0 Å². The van der Waals surface area contributed by atoms with Crippen LogP contribution in [0.3, 0.4) is 0 Å². The van der Waals surface area contributed by atoms with Gasteiger partial charge in [-0.25, -0.2) is 4.39 Å². The van der Waals surface area contributed by atoms with Crippen molar-refractivity contribution < 1.29 is 4.39 Å². The topological polar surface area (TPSA) is 0 Å². The summed E-state index contributed by atoms with van der Waals surface area (Å²) in [4.78, 5) is 0. The number of aryl methyl sites for hydroxylation is 2. The summed E-state index contributed by atoms with van der Waals surface area (Å²) in [5.41, 5.74) is 3.06. The van der Waals surface area contributed by atoms with Crippen molar-refractivity contribution in [3.63, 3.8) is 0 Å². The van der Waals surface area contributed by atoms with Gasteiger partial charge in [0.25, 0.3) is 0 Å². The van der Waals surface area contributed by atoms with Crippen LogP contribution in [-0.4, -0.2) is 0 Å². The summed E-state index contributed by atoms with van der Waals surface area (Å²) in [6.45, 7) is 6.08. The molecule has 0 heterocycles. The van der Waals surface area contributed by atoms with Crippen LogP contribution in [0.1, 0.15) is 61.1 Å². The van der Waals surface area contributed by atoms with E-state index >= 15 is 0 Å². The van der Waals surface area contributed by atoms with Crippen LogP contribution in [0.15, 0.2) is 12.1 Å². The van der Waals surface area contributed by atoms with Gasteiger partial charge in [-0.2, -0.15) is 0 Å². The number of alkyl halides is 1. The fraction of sp³-hybridized carbons (Fsp3) is 0.600. The second-order valence-electron chi connectivity index (χ2n) is 4.77. The zero-order valence-electron chi connectivity index (χ0n) is 11.0. The summed E-state index contributed by atoms with van der Waals surface area (Å²) in [7, 11) is 0. The Hall–Kier alpha value is -0.560. The highest BCUT2D eigenvalue weighted by Crippen LogP contribution is 2.32. The minimum Gasteiger partial charge on any atom is -0.207 e. The normalized spacial score (nSPS) is 12.8. The van der Waals surface area contributed by atoms with Crippen molar-refractivity contribution in [1.82, 2.24) is 0 Å². The number of hydrogen-bond donors (Lipinski definition) is 0. The van der Waals surface area contributed by atoms with Gasteiger partial charge in [0.1, 0.15) is 5.82 Å². The molecule has 0 amide bonds. The predicted molar refractivity (Wildman–Crippen MR) is 73.2 cm³/mol. The Morgan fingerprint density at radius 3 is 2.24 bits per heavy atom. The zero-order chi connectivity index (χ0) is 12.8. The molecule has 17 heavy (non-hydrogen) atoms. The van der Waals surface area contributed by atoms with Crippen molar-refractivity contribution >= 4 is 11.6 Å². The highest BCUT2D eigenvalue weighted by atomic mass is 35.5. The summed E-state index contributed by atoms with van der Waals surface area (Å²) in [5, 5.41) is 0.0208. The number of hydrogen-bond acceptors (Lipinski definition) is 0. The molecule has 0 aromatic heterocycles. The lowest BCUT2D eigenvalue weighted by Crippen LogP contribution is -1.99. The van der Waals surface area contributed by atoms with Gasteiger partial charge in [0.15, 0.2) is 0 Å². The molecule has 2 heteroatoms. The van der Waals surface area contributed by atoms with Crippen LogP contribution in [0.4, 0.5) is 4.39 Å². The van der Waals surface area contributed by atoms with Crippen molar-refractivity contribution in [1.29, 1.82) is 0 Å². The van der Waals surface area contributed by atoms with Crippen LogP contribution >= 0.6 is 11.6 Å². The van der Waals surface area contributed by atoms with Gasteiger partial charge in [-0.3, -0.25) is 0 Å². The first-order chi connectivity index (χ1) is 8.06. The molecular weight excluding hydrogens is 235 g/mol. The van der Waals surface area contributed by atoms with Crippen molar-refractivity contribution in [2.75, 3.05) is 0 Å². The van der Waals surface area contributed by atoms with E-state index in [-0.39, 0.29) is 11.2 Å². The third kappa shape index (κ3) is 4.31. The maximum absolute atomic E-state index is 13.2. The smallest absolute Gasteiger partial charge is 0.123 e. The molecule has 0 bridgehead atoms. The fourth-order valence-corrected chi connectivity index (χ4v) is 2.81. The van der Waals surface area contributed by atoms with Crippen LogP contribution in [0.25, 0.3) is 0 Å². The van der Waals surface area contributed by atoms with E-state index in [2.05, 4.69) is 6.92 Å². The SMILES string of the molecule is CCCCCCC(Cl)c1c(C)cc(F)cc1C. The summed E-state index contributed by atoms with van der Waals surface area (Å²) in [5.74, 6) is -0.168. The van der Waals surface area contributed by atoms with E-state index < -0.39 is 0 Å². The molecule has 96 valence electrons. The van der Waals surface area contributed by atoms with Gasteiger partial charge < -0.3 is 0 Å². The Morgan fingerprint density at radius 1 is 1.12 bits per heavy atom. The van der Waals surface area contributed by atoms with Crippen LogP contribution in [-0.2, 0) is 0 Å². The lowest BCUT2D eigenvalue weighted by atomic mass is 9.96. The molecule has 0 fully saturated rings. The van der Waals surface area contributed by atoms with E-state index in [1.54, 1.807) is 12.1 Å². The molecule has 1 atom stereocenters. The van der Waals surface area contributed by atoms with Crippen molar-refractivity contribution in [3.8, 4) is 0 Å². The maximum atomic E-state index is 13.2. The Labute approximate surface area is 109 Å². The molecule has 1 aromatic carbocycles. The van der Waals surface area contributed by atoms with Crippen LogP contribution in [0.2, 0.25) is 0 Å². The maximum Gasteiger partial charge on any atom is 0.123 e. The van der Waals surface area contributed by atoms with Gasteiger partial charge in [-0.05, 0) is 49.1 Å². The van der Waals surface area contributed by atoms with Gasteiger partial charge in [-0.15, -0.1) is 11.6 Å². The van der Waals surface area contributed by atoms with E-state index in [1.165, 1.54) is 19.3 Å². The average molecular weight is 257 g/mol. The van der Waals surface area contributed by atoms with Crippen LogP contribution in [0.5, 0.6) is 0 Å². The van der Waals surface area contributed by atoms with Crippen LogP contribution < -0.4 is 0 Å². The molecule has 0 spiro atoms. The third-order valence-electron chi connectivity index (χ3n) is 3.18. The van der Waals surface area contributed by atoms with Gasteiger partial charge in [0.2, 0.25) is 0 Å². The molecule has 1 aromatic rings. The molecule has 0 aliphatic rings. The number of halogens is 2. The molecule has 1 unspecified atom stereocenters. The summed E-state index contributed by atoms with van der Waals surface area (Å²) in [6, 6.07) is 3.15. The van der Waals surface area contributed by atoms with E-state index in [1.807, 2.05) is 13.8 Å². The minimum absolute atomic E-state index is 0.0208. The molecule has 0 radical (unpaired) electrons. The monoisotopic (exact) mass is 256 g/mol. The Bertz CT molecular complexity index is 337. The number of benzene rings is 1. The van der Waals surface area contributed by atoms with Gasteiger partial charge in [0, 0.05) is 0 Å². The molecule has 0 N–H and O–H groups in total. The van der Waals surface area contributed by atoms with Gasteiger partial charge in [-0.1, -0.05) is 32.6 Å². The number of unbranched alkanes of at least 4 members (excludes halogenated alkanes) is 3. The lowest BCUT2D eigenvalue weighted by Gasteiger charge is -2.16. The quantitative estimate of drug-likeness (QED) is 0.453. The first-order valence-corrected chi connectivity index (χ1v) is 6.90. The summed E-state index contributed by atoms with van der Waals surface area (Å²) in [6.07, 6.45) is 5.87. The standard InChI is InChI=1S/C15H22ClF/c1-4-5-6-7-8-14(16)15-11(2)9-13(17)10-12(15)3/h9-10,14H,4-8H2,1-3H3. The van der Waals surface area contributed by atoms with Crippen LogP contribution in [0, 0.1) is 19.7 Å². The third-order valence-corrected chi connectivity index (χ3v) is 3.62. The number of rotatable bonds is 6. The average Bonchev–Trinajstić information content (AvgIpc) is 2.23. The molecule has 1 rings (SSSR count). The van der Waals surface area contributed by atoms with E-state index in [9.17, 15) is 4.39 Å². The Kier molecular flexibility index (Phi) is 5.97. The largest absolute Gasteiger partial charge is 0.207 e. The van der Waals surface area contributed by atoms with E-state index in [4.69, 9.17) is 11.6 Å². The second-order valence-corrected chi connectivity index (χ2v) is 5.30. The fourth-order valence-electron chi connectivity index (χ4n) is 2.31. The molecule has 0 saturated heterocycles. The molecule has 0 aliphatic heterocycles. The van der Waals surface area contributed by atoms with E-state index in [0.29, 0.717) is 0 Å². The first kappa shape index (κ1) is 14.5. The zero-order valence-corrected chi connectivity index (χ0v) is 11.8. The van der Waals surface area contributed by atoms with Gasteiger partial charge >= 0.3 is 0 Å². The molecule has 0 nitrogen and oxygen atoms in total. The lowest BCUT2D eigenvalue weighted by molar-refractivity contribution is 0.612. The predicted octanol–water partition coefficient (Wildman–Crippen LogP) is 5.69. The molecule has 0 saturated carbocycles. The summed E-state index contributed by atoms with van der Waals surface area (Å²) >= 11 is 6.43. The highest BCUT2D eigenvalue weighted by Gasteiger charge is 2.14. The Balaban J connectivity index is 2.65.